The average Bonchev–Trinajstić information content (AvgIpc) is 3.25. The van der Waals surface area contributed by atoms with Gasteiger partial charge in [0.1, 0.15) is 0 Å². The molecule has 0 spiro atoms. The Balaban J connectivity index is 2.16. The van der Waals surface area contributed by atoms with Crippen molar-refractivity contribution in [3.8, 4) is 5.88 Å². The first-order valence-electron chi connectivity index (χ1n) is 12.8. The summed E-state index contributed by atoms with van der Waals surface area (Å²) < 4.78 is 5.61. The van der Waals surface area contributed by atoms with E-state index < -0.39 is 16.8 Å². The van der Waals surface area contributed by atoms with Crippen molar-refractivity contribution in [2.45, 2.75) is 79.4 Å². The highest BCUT2D eigenvalue weighted by Crippen LogP contribution is 2.23. The molecule has 3 aromatic heterocycles. The molecule has 1 aromatic carbocycles. The monoisotopic (exact) mass is 493 g/mol. The van der Waals surface area contributed by atoms with Crippen LogP contribution in [0.2, 0.25) is 0 Å². The second-order valence-corrected chi connectivity index (χ2v) is 9.79. The number of benzene rings is 1. The number of aryl methyl sites for hydroxylation is 1. The van der Waals surface area contributed by atoms with E-state index in [2.05, 4.69) is 4.98 Å². The van der Waals surface area contributed by atoms with Crippen LogP contribution in [-0.2, 0) is 26.1 Å². The van der Waals surface area contributed by atoms with Gasteiger partial charge in [0.2, 0.25) is 11.7 Å². The van der Waals surface area contributed by atoms with Crippen LogP contribution in [0.5, 0.6) is 5.88 Å². The first-order chi connectivity index (χ1) is 17.3. The molecule has 0 aliphatic carbocycles. The van der Waals surface area contributed by atoms with Gasteiger partial charge in [-0.1, -0.05) is 70.9 Å². The maximum atomic E-state index is 13.8. The predicted octanol–water partition coefficient (Wildman–Crippen LogP) is 3.53. The molecule has 4 aromatic rings. The lowest BCUT2D eigenvalue weighted by Gasteiger charge is -2.15. The Labute approximate surface area is 209 Å². The normalized spacial score (nSPS) is 11.8. The van der Waals surface area contributed by atoms with Gasteiger partial charge in [0.15, 0.2) is 11.2 Å². The topological polar surface area (TPSA) is 104 Å². The van der Waals surface area contributed by atoms with Gasteiger partial charge in [-0.25, -0.2) is 9.20 Å². The number of hydrogen-bond acceptors (Lipinski definition) is 5. The van der Waals surface area contributed by atoms with Gasteiger partial charge in [-0.05, 0) is 30.7 Å². The number of imidazole rings is 1. The molecule has 0 unspecified atom stereocenters. The van der Waals surface area contributed by atoms with Crippen LogP contribution in [0.3, 0.4) is 0 Å². The summed E-state index contributed by atoms with van der Waals surface area (Å²) in [7, 11) is 0. The number of rotatable bonds is 10. The lowest BCUT2D eigenvalue weighted by molar-refractivity contribution is 0.407. The summed E-state index contributed by atoms with van der Waals surface area (Å²) in [6.45, 7) is 8.88. The molecule has 3 heterocycles. The van der Waals surface area contributed by atoms with Gasteiger partial charge < -0.3 is 5.11 Å². The third kappa shape index (κ3) is 4.50. The average molecular weight is 494 g/mol. The standard InChI is InChI=1S/C27H35N5O4/c1-5-7-14-29-22-21(25(35)30(27(29)36)15-8-6-2)32-24(34)20(16-18(3)4)23(33)31(26(32)28-22)17-19-12-10-9-11-13-19/h9-13,18,33H,5-8,14-17H2,1-4H3. The lowest BCUT2D eigenvalue weighted by Crippen LogP contribution is -2.41. The molecular weight excluding hydrogens is 458 g/mol. The highest BCUT2D eigenvalue weighted by molar-refractivity contribution is 5.75. The predicted molar refractivity (Wildman–Crippen MR) is 141 cm³/mol. The fraction of sp³-hybridized carbons (Fsp3) is 0.481. The van der Waals surface area contributed by atoms with Crippen LogP contribution in [0.15, 0.2) is 44.7 Å². The van der Waals surface area contributed by atoms with E-state index in [0.29, 0.717) is 19.4 Å². The van der Waals surface area contributed by atoms with Crippen LogP contribution >= 0.6 is 0 Å². The molecule has 9 nitrogen and oxygen atoms in total. The van der Waals surface area contributed by atoms with Crippen LogP contribution in [0.4, 0.5) is 0 Å². The maximum Gasteiger partial charge on any atom is 0.332 e. The molecule has 0 fully saturated rings. The maximum absolute atomic E-state index is 13.8. The Morgan fingerprint density at radius 2 is 1.53 bits per heavy atom. The van der Waals surface area contributed by atoms with Crippen molar-refractivity contribution in [2.24, 2.45) is 5.92 Å². The SMILES string of the molecule is CCCCn1c(=O)c2c(nc3n(Cc4ccccc4)c(O)c(CC(C)C)c(=O)n23)n(CCCC)c1=O. The minimum Gasteiger partial charge on any atom is -0.494 e. The molecule has 9 heteroatoms. The summed E-state index contributed by atoms with van der Waals surface area (Å²) in [5.41, 5.74) is 0.0191. The van der Waals surface area contributed by atoms with Gasteiger partial charge in [-0.2, -0.15) is 4.98 Å². The second-order valence-electron chi connectivity index (χ2n) is 9.79. The van der Waals surface area contributed by atoms with E-state index in [0.717, 1.165) is 24.8 Å². The van der Waals surface area contributed by atoms with Gasteiger partial charge in [-0.3, -0.25) is 23.3 Å². The molecule has 0 bridgehead atoms. The van der Waals surface area contributed by atoms with Crippen molar-refractivity contribution in [1.82, 2.24) is 23.1 Å². The van der Waals surface area contributed by atoms with Crippen molar-refractivity contribution in [3.63, 3.8) is 0 Å². The third-order valence-corrected chi connectivity index (χ3v) is 6.50. The van der Waals surface area contributed by atoms with Gasteiger partial charge in [0.05, 0.1) is 12.1 Å². The number of aromatic nitrogens is 5. The van der Waals surface area contributed by atoms with Crippen molar-refractivity contribution in [2.75, 3.05) is 0 Å². The fourth-order valence-electron chi connectivity index (χ4n) is 4.62. The van der Waals surface area contributed by atoms with Gasteiger partial charge in [0.25, 0.3) is 11.1 Å². The van der Waals surface area contributed by atoms with E-state index in [1.54, 1.807) is 4.57 Å². The van der Waals surface area contributed by atoms with Gasteiger partial charge in [-0.15, -0.1) is 0 Å². The first kappa shape index (κ1) is 25.5. The summed E-state index contributed by atoms with van der Waals surface area (Å²) in [5.74, 6) is 0.0953. The highest BCUT2D eigenvalue weighted by Gasteiger charge is 2.25. The molecule has 1 N–H and O–H groups in total. The minimum atomic E-state index is -0.520. The molecule has 36 heavy (non-hydrogen) atoms. The van der Waals surface area contributed by atoms with Crippen molar-refractivity contribution in [3.05, 3.63) is 72.7 Å². The van der Waals surface area contributed by atoms with Gasteiger partial charge >= 0.3 is 5.69 Å². The number of fused-ring (bicyclic) bond motifs is 3. The zero-order chi connectivity index (χ0) is 26.0. The Bertz CT molecular complexity index is 1560. The molecule has 0 saturated carbocycles. The van der Waals surface area contributed by atoms with Crippen molar-refractivity contribution >= 4 is 16.9 Å². The number of nitrogens with zero attached hydrogens (tertiary/aromatic N) is 5. The molecule has 0 atom stereocenters. The number of aromatic hydroxyl groups is 1. The Kier molecular flexibility index (Phi) is 7.47. The van der Waals surface area contributed by atoms with Crippen LogP contribution in [-0.4, -0.2) is 28.2 Å². The molecule has 0 radical (unpaired) electrons. The zero-order valence-electron chi connectivity index (χ0n) is 21.5. The quantitative estimate of drug-likeness (QED) is 0.364. The number of unbranched alkanes of at least 4 members (excludes halogenated alkanes) is 2. The van der Waals surface area contributed by atoms with Crippen molar-refractivity contribution < 1.29 is 5.11 Å². The Morgan fingerprint density at radius 3 is 2.14 bits per heavy atom. The molecule has 0 aliphatic rings. The van der Waals surface area contributed by atoms with Crippen LogP contribution in [0.1, 0.15) is 64.5 Å². The van der Waals surface area contributed by atoms with Crippen LogP contribution in [0.25, 0.3) is 16.9 Å². The van der Waals surface area contributed by atoms with Crippen molar-refractivity contribution in [1.29, 1.82) is 0 Å². The molecule has 0 saturated heterocycles. The number of hydrogen-bond donors (Lipinski definition) is 1. The van der Waals surface area contributed by atoms with Crippen LogP contribution < -0.4 is 16.8 Å². The first-order valence-corrected chi connectivity index (χ1v) is 12.8. The molecule has 192 valence electrons. The zero-order valence-corrected chi connectivity index (χ0v) is 21.5. The second kappa shape index (κ2) is 10.6. The van der Waals surface area contributed by atoms with E-state index in [4.69, 9.17) is 0 Å². The molecule has 0 amide bonds. The third-order valence-electron chi connectivity index (χ3n) is 6.50. The summed E-state index contributed by atoms with van der Waals surface area (Å²) >= 11 is 0. The highest BCUT2D eigenvalue weighted by atomic mass is 16.3. The Hall–Kier alpha value is -3.62. The van der Waals surface area contributed by atoms with Crippen LogP contribution in [0, 0.1) is 5.92 Å². The molecule has 4 rings (SSSR count). The van der Waals surface area contributed by atoms with E-state index in [9.17, 15) is 19.5 Å². The van der Waals surface area contributed by atoms with E-state index in [1.165, 1.54) is 13.5 Å². The fourth-order valence-corrected chi connectivity index (χ4v) is 4.62. The van der Waals surface area contributed by atoms with E-state index in [1.807, 2.05) is 58.0 Å². The largest absolute Gasteiger partial charge is 0.494 e. The van der Waals surface area contributed by atoms with Gasteiger partial charge in [0, 0.05) is 13.1 Å². The van der Waals surface area contributed by atoms with E-state index >= 15 is 0 Å². The summed E-state index contributed by atoms with van der Waals surface area (Å²) in [6.07, 6.45) is 3.42. The minimum absolute atomic E-state index is 0.0913. The molecular formula is C27H35N5O4. The summed E-state index contributed by atoms with van der Waals surface area (Å²) in [4.78, 5) is 45.5. The lowest BCUT2D eigenvalue weighted by atomic mass is 10.0. The summed E-state index contributed by atoms with van der Waals surface area (Å²) in [5, 5.41) is 11.3. The smallest absolute Gasteiger partial charge is 0.332 e. The molecule has 0 aliphatic heterocycles. The van der Waals surface area contributed by atoms with E-state index in [-0.39, 0.29) is 47.4 Å². The Morgan fingerprint density at radius 1 is 0.889 bits per heavy atom. The summed E-state index contributed by atoms with van der Waals surface area (Å²) in [6, 6.07) is 9.56.